The molecule has 0 aromatic heterocycles. The van der Waals surface area contributed by atoms with Crippen molar-refractivity contribution in [3.05, 3.63) is 29.3 Å². The largest absolute Gasteiger partial charge is 0.469 e. The Kier molecular flexibility index (Phi) is 7.03. The van der Waals surface area contributed by atoms with E-state index in [2.05, 4.69) is 14.4 Å². The zero-order valence-electron chi connectivity index (χ0n) is 13.7. The van der Waals surface area contributed by atoms with Crippen LogP contribution in [0.2, 0.25) is 5.02 Å². The second kappa shape index (κ2) is 8.80. The number of halogens is 1. The van der Waals surface area contributed by atoms with Crippen LogP contribution in [0.5, 0.6) is 0 Å². The molecule has 1 aliphatic rings. The topological polar surface area (TPSA) is 75.7 Å². The van der Waals surface area contributed by atoms with Gasteiger partial charge in [-0.3, -0.25) is 4.79 Å². The molecule has 1 fully saturated rings. The SMILES string of the molecule is COC(=O)CCCN1CCC(NS(=O)(=O)c2ccc(Cl)cc2)CC1. The lowest BCUT2D eigenvalue weighted by Gasteiger charge is -2.32. The molecular formula is C16H23ClN2O4S. The van der Waals surface area contributed by atoms with Gasteiger partial charge in [-0.15, -0.1) is 0 Å². The molecule has 1 aliphatic heterocycles. The zero-order valence-corrected chi connectivity index (χ0v) is 15.3. The normalized spacial score (nSPS) is 16.9. The smallest absolute Gasteiger partial charge is 0.305 e. The van der Waals surface area contributed by atoms with Gasteiger partial charge in [0.25, 0.3) is 0 Å². The first-order chi connectivity index (χ1) is 11.4. The molecule has 1 aromatic carbocycles. The Morgan fingerprint density at radius 1 is 1.29 bits per heavy atom. The van der Waals surface area contributed by atoms with Crippen LogP contribution in [0.4, 0.5) is 0 Å². The first-order valence-electron chi connectivity index (χ1n) is 7.98. The summed E-state index contributed by atoms with van der Waals surface area (Å²) in [7, 11) is -2.12. The summed E-state index contributed by atoms with van der Waals surface area (Å²) >= 11 is 5.79. The Balaban J connectivity index is 1.78. The number of carbonyl (C=O) groups excluding carboxylic acids is 1. The number of nitrogens with zero attached hydrogens (tertiary/aromatic N) is 1. The average molecular weight is 375 g/mol. The lowest BCUT2D eigenvalue weighted by molar-refractivity contribution is -0.140. The Labute approximate surface area is 148 Å². The van der Waals surface area contributed by atoms with E-state index in [0.717, 1.165) is 38.9 Å². The molecule has 1 N–H and O–H groups in total. The van der Waals surface area contributed by atoms with Gasteiger partial charge in [0.1, 0.15) is 0 Å². The van der Waals surface area contributed by atoms with E-state index in [4.69, 9.17) is 11.6 Å². The maximum Gasteiger partial charge on any atom is 0.305 e. The summed E-state index contributed by atoms with van der Waals surface area (Å²) in [4.78, 5) is 13.6. The number of nitrogens with one attached hydrogen (secondary N) is 1. The zero-order chi connectivity index (χ0) is 17.6. The van der Waals surface area contributed by atoms with Crippen LogP contribution in [0.15, 0.2) is 29.2 Å². The highest BCUT2D eigenvalue weighted by atomic mass is 35.5. The molecule has 8 heteroatoms. The van der Waals surface area contributed by atoms with Gasteiger partial charge < -0.3 is 9.64 Å². The molecule has 1 heterocycles. The van der Waals surface area contributed by atoms with E-state index in [9.17, 15) is 13.2 Å². The lowest BCUT2D eigenvalue weighted by atomic mass is 10.1. The third kappa shape index (κ3) is 5.73. The maximum absolute atomic E-state index is 12.4. The van der Waals surface area contributed by atoms with Crippen molar-refractivity contribution in [2.75, 3.05) is 26.7 Å². The summed E-state index contributed by atoms with van der Waals surface area (Å²) in [6, 6.07) is 6.08. The fourth-order valence-corrected chi connectivity index (χ4v) is 4.16. The van der Waals surface area contributed by atoms with Crippen LogP contribution in [-0.2, 0) is 19.6 Å². The Hall–Kier alpha value is -1.15. The van der Waals surface area contributed by atoms with Gasteiger partial charge in [0, 0.05) is 17.5 Å². The second-order valence-corrected chi connectivity index (χ2v) is 8.02. The molecule has 0 saturated carbocycles. The van der Waals surface area contributed by atoms with E-state index in [-0.39, 0.29) is 16.9 Å². The number of likely N-dealkylation sites (tertiary alicyclic amines) is 1. The van der Waals surface area contributed by atoms with E-state index in [0.29, 0.717) is 11.4 Å². The van der Waals surface area contributed by atoms with Crippen molar-refractivity contribution < 1.29 is 17.9 Å². The van der Waals surface area contributed by atoms with Crippen molar-refractivity contribution in [3.8, 4) is 0 Å². The van der Waals surface area contributed by atoms with E-state index >= 15 is 0 Å². The number of sulfonamides is 1. The summed E-state index contributed by atoms with van der Waals surface area (Å²) < 4.78 is 32.1. The van der Waals surface area contributed by atoms with Gasteiger partial charge in [-0.1, -0.05) is 11.6 Å². The molecule has 0 atom stereocenters. The maximum atomic E-state index is 12.4. The van der Waals surface area contributed by atoms with E-state index in [1.165, 1.54) is 19.2 Å². The third-order valence-corrected chi connectivity index (χ3v) is 5.90. The first-order valence-corrected chi connectivity index (χ1v) is 9.84. The molecule has 0 bridgehead atoms. The molecule has 24 heavy (non-hydrogen) atoms. The van der Waals surface area contributed by atoms with Crippen LogP contribution in [0.25, 0.3) is 0 Å². The Bertz CT molecular complexity index is 641. The van der Waals surface area contributed by atoms with Gasteiger partial charge in [-0.25, -0.2) is 13.1 Å². The highest BCUT2D eigenvalue weighted by molar-refractivity contribution is 7.89. The third-order valence-electron chi connectivity index (χ3n) is 4.12. The van der Waals surface area contributed by atoms with E-state index in [1.807, 2.05) is 0 Å². The number of hydrogen-bond donors (Lipinski definition) is 1. The summed E-state index contributed by atoms with van der Waals surface area (Å²) in [6.45, 7) is 2.45. The summed E-state index contributed by atoms with van der Waals surface area (Å²) in [5.74, 6) is -0.194. The number of methoxy groups -OCH3 is 1. The minimum Gasteiger partial charge on any atom is -0.469 e. The molecule has 0 spiro atoms. The summed E-state index contributed by atoms with van der Waals surface area (Å²) in [6.07, 6.45) is 2.68. The number of carbonyl (C=O) groups is 1. The van der Waals surface area contributed by atoms with Gasteiger partial charge >= 0.3 is 5.97 Å². The molecule has 1 aromatic rings. The lowest BCUT2D eigenvalue weighted by Crippen LogP contribution is -2.44. The van der Waals surface area contributed by atoms with Crippen molar-refractivity contribution >= 4 is 27.6 Å². The standard InChI is InChI=1S/C16H23ClN2O4S/c1-23-16(20)3-2-10-19-11-8-14(9-12-19)18-24(21,22)15-6-4-13(17)5-7-15/h4-7,14,18H,2-3,8-12H2,1H3. The number of benzene rings is 1. The molecule has 2 rings (SSSR count). The summed E-state index contributed by atoms with van der Waals surface area (Å²) in [5.41, 5.74) is 0. The van der Waals surface area contributed by atoms with Crippen molar-refractivity contribution in [1.82, 2.24) is 9.62 Å². The number of piperidine rings is 1. The predicted molar refractivity (Wildman–Crippen MR) is 92.5 cm³/mol. The van der Waals surface area contributed by atoms with Crippen molar-refractivity contribution in [1.29, 1.82) is 0 Å². The highest BCUT2D eigenvalue weighted by Crippen LogP contribution is 2.17. The van der Waals surface area contributed by atoms with E-state index in [1.54, 1.807) is 12.1 Å². The van der Waals surface area contributed by atoms with Crippen LogP contribution in [0.3, 0.4) is 0 Å². The monoisotopic (exact) mass is 374 g/mol. The molecule has 134 valence electrons. The Morgan fingerprint density at radius 2 is 1.92 bits per heavy atom. The van der Waals surface area contributed by atoms with Crippen LogP contribution in [-0.4, -0.2) is 52.1 Å². The van der Waals surface area contributed by atoms with E-state index < -0.39 is 10.0 Å². The highest BCUT2D eigenvalue weighted by Gasteiger charge is 2.24. The van der Waals surface area contributed by atoms with Gasteiger partial charge in [0.2, 0.25) is 10.0 Å². The van der Waals surface area contributed by atoms with Crippen LogP contribution in [0, 0.1) is 0 Å². The fraction of sp³-hybridized carbons (Fsp3) is 0.562. The van der Waals surface area contributed by atoms with Crippen LogP contribution in [0.1, 0.15) is 25.7 Å². The molecule has 0 radical (unpaired) electrons. The molecule has 6 nitrogen and oxygen atoms in total. The average Bonchev–Trinajstić information content (AvgIpc) is 2.56. The minimum absolute atomic E-state index is 0.0671. The van der Waals surface area contributed by atoms with Crippen LogP contribution >= 0.6 is 11.6 Å². The van der Waals surface area contributed by atoms with Crippen LogP contribution < -0.4 is 4.72 Å². The fourth-order valence-electron chi connectivity index (χ4n) is 2.72. The van der Waals surface area contributed by atoms with Crippen molar-refractivity contribution in [2.24, 2.45) is 0 Å². The predicted octanol–water partition coefficient (Wildman–Crippen LogP) is 2.04. The summed E-state index contributed by atoms with van der Waals surface area (Å²) in [5, 5.41) is 0.509. The van der Waals surface area contributed by atoms with Crippen molar-refractivity contribution in [2.45, 2.75) is 36.6 Å². The minimum atomic E-state index is -3.51. The number of esters is 1. The van der Waals surface area contributed by atoms with Gasteiger partial charge in [0.15, 0.2) is 0 Å². The molecule has 0 amide bonds. The molecule has 0 aliphatic carbocycles. The van der Waals surface area contributed by atoms with Gasteiger partial charge in [-0.05, 0) is 63.2 Å². The molecule has 0 unspecified atom stereocenters. The second-order valence-electron chi connectivity index (χ2n) is 5.87. The first kappa shape index (κ1) is 19.2. The quantitative estimate of drug-likeness (QED) is 0.739. The number of ether oxygens (including phenoxy) is 1. The van der Waals surface area contributed by atoms with Gasteiger partial charge in [0.05, 0.1) is 12.0 Å². The Morgan fingerprint density at radius 3 is 2.50 bits per heavy atom. The molecule has 1 saturated heterocycles. The van der Waals surface area contributed by atoms with Crippen molar-refractivity contribution in [3.63, 3.8) is 0 Å². The number of rotatable bonds is 7. The number of hydrogen-bond acceptors (Lipinski definition) is 5. The molecular weight excluding hydrogens is 352 g/mol. The van der Waals surface area contributed by atoms with Gasteiger partial charge in [-0.2, -0.15) is 0 Å².